The minimum absolute atomic E-state index is 0.0388. The van der Waals surface area contributed by atoms with E-state index in [2.05, 4.69) is 44.2 Å². The first-order valence-corrected chi connectivity index (χ1v) is 8.51. The maximum atomic E-state index is 9.61. The second kappa shape index (κ2) is 6.50. The topological polar surface area (TPSA) is 59.0 Å². The molecule has 1 aliphatic carbocycles. The normalized spacial score (nSPS) is 21.6. The molecule has 3 rings (SSSR count). The van der Waals surface area contributed by atoms with Crippen molar-refractivity contribution in [1.82, 2.24) is 0 Å². The van der Waals surface area contributed by atoms with Crippen LogP contribution < -0.4 is 5.73 Å². The maximum Gasteiger partial charge on any atom is 0.205 e. The van der Waals surface area contributed by atoms with Crippen molar-refractivity contribution in [3.63, 3.8) is 0 Å². The van der Waals surface area contributed by atoms with Gasteiger partial charge in [0.05, 0.1) is 0 Å². The third-order valence-electron chi connectivity index (χ3n) is 4.90. The summed E-state index contributed by atoms with van der Waals surface area (Å²) < 4.78 is 5.80. The van der Waals surface area contributed by atoms with Crippen LogP contribution in [0.3, 0.4) is 0 Å². The van der Waals surface area contributed by atoms with Gasteiger partial charge in [-0.15, -0.1) is 0 Å². The van der Waals surface area contributed by atoms with E-state index in [0.717, 1.165) is 37.0 Å². The van der Waals surface area contributed by atoms with Gasteiger partial charge in [0.15, 0.2) is 0 Å². The van der Waals surface area contributed by atoms with Gasteiger partial charge >= 0.3 is 0 Å². The van der Waals surface area contributed by atoms with Gasteiger partial charge in [0, 0.05) is 12.3 Å². The van der Waals surface area contributed by atoms with Gasteiger partial charge in [0.1, 0.15) is 17.4 Å². The highest BCUT2D eigenvalue weighted by atomic mass is 16.5. The smallest absolute Gasteiger partial charge is 0.205 e. The Hall–Kier alpha value is -2.21. The Morgan fingerprint density at radius 1 is 1.13 bits per heavy atom. The quantitative estimate of drug-likeness (QED) is 0.850. The van der Waals surface area contributed by atoms with E-state index < -0.39 is 0 Å². The second-order valence-corrected chi connectivity index (χ2v) is 6.76. The van der Waals surface area contributed by atoms with Crippen LogP contribution in [0.25, 0.3) is 0 Å². The molecular formula is C20H24N2O. The van der Waals surface area contributed by atoms with Gasteiger partial charge in [0.2, 0.25) is 5.88 Å². The zero-order chi connectivity index (χ0) is 16.4. The predicted octanol–water partition coefficient (Wildman–Crippen LogP) is 4.84. The zero-order valence-electron chi connectivity index (χ0n) is 13.9. The van der Waals surface area contributed by atoms with Gasteiger partial charge in [-0.2, -0.15) is 5.26 Å². The Labute approximate surface area is 138 Å². The molecule has 0 bridgehead atoms. The number of nitriles is 1. The van der Waals surface area contributed by atoms with Crippen LogP contribution in [-0.2, 0) is 4.74 Å². The molecule has 3 heteroatoms. The largest absolute Gasteiger partial charge is 0.445 e. The zero-order valence-corrected chi connectivity index (χ0v) is 13.9. The molecule has 0 spiro atoms. The summed E-state index contributed by atoms with van der Waals surface area (Å²) in [4.78, 5) is 0. The molecule has 120 valence electrons. The average molecular weight is 308 g/mol. The number of nitrogens with two attached hydrogens (primary N) is 1. The first kappa shape index (κ1) is 15.7. The highest BCUT2D eigenvalue weighted by Crippen LogP contribution is 2.44. The summed E-state index contributed by atoms with van der Waals surface area (Å²) in [5, 5.41) is 9.61. The van der Waals surface area contributed by atoms with Crippen LogP contribution in [0.5, 0.6) is 0 Å². The van der Waals surface area contributed by atoms with E-state index in [9.17, 15) is 5.26 Å². The molecule has 0 radical (unpaired) electrons. The lowest BCUT2D eigenvalue weighted by atomic mass is 9.81. The predicted molar refractivity (Wildman–Crippen MR) is 91.3 cm³/mol. The summed E-state index contributed by atoms with van der Waals surface area (Å²) in [5.74, 6) is 1.74. The number of rotatable bonds is 2. The van der Waals surface area contributed by atoms with Crippen LogP contribution in [-0.4, -0.2) is 0 Å². The summed E-state index contributed by atoms with van der Waals surface area (Å²) in [7, 11) is 0. The number of allylic oxidation sites excluding steroid dienone is 3. The van der Waals surface area contributed by atoms with Crippen LogP contribution in [0.4, 0.5) is 0 Å². The van der Waals surface area contributed by atoms with E-state index >= 15 is 0 Å². The van der Waals surface area contributed by atoms with Gasteiger partial charge in [0.25, 0.3) is 0 Å². The lowest BCUT2D eigenvalue weighted by Crippen LogP contribution is -2.20. The summed E-state index contributed by atoms with van der Waals surface area (Å²) >= 11 is 0. The standard InChI is InChI=1S/C20H24N2O/c1-13(2)14-8-10-15(11-9-14)19-16-6-4-3-5-7-18(16)23-20(22)17(19)12-21/h8-11,13,19H,3-7,22H2,1-2H3. The van der Waals surface area contributed by atoms with Crippen molar-refractivity contribution in [2.75, 3.05) is 0 Å². The monoisotopic (exact) mass is 308 g/mol. The van der Waals surface area contributed by atoms with E-state index in [4.69, 9.17) is 10.5 Å². The lowest BCUT2D eigenvalue weighted by Gasteiger charge is -2.28. The van der Waals surface area contributed by atoms with Crippen molar-refractivity contribution in [1.29, 1.82) is 5.26 Å². The Morgan fingerprint density at radius 3 is 2.48 bits per heavy atom. The van der Waals surface area contributed by atoms with E-state index in [1.54, 1.807) is 0 Å². The molecule has 0 aromatic heterocycles. The van der Waals surface area contributed by atoms with Crippen molar-refractivity contribution in [3.05, 3.63) is 58.2 Å². The third kappa shape index (κ3) is 2.99. The Morgan fingerprint density at radius 2 is 1.83 bits per heavy atom. The van der Waals surface area contributed by atoms with Crippen molar-refractivity contribution >= 4 is 0 Å². The van der Waals surface area contributed by atoms with Crippen molar-refractivity contribution in [2.24, 2.45) is 5.73 Å². The van der Waals surface area contributed by atoms with E-state index in [-0.39, 0.29) is 11.8 Å². The fraction of sp³-hybridized carbons (Fsp3) is 0.450. The van der Waals surface area contributed by atoms with Crippen molar-refractivity contribution in [2.45, 2.75) is 57.8 Å². The van der Waals surface area contributed by atoms with E-state index in [1.165, 1.54) is 17.6 Å². The molecule has 23 heavy (non-hydrogen) atoms. The molecule has 1 aromatic rings. The van der Waals surface area contributed by atoms with Crippen LogP contribution in [0.15, 0.2) is 47.1 Å². The molecule has 0 saturated heterocycles. The molecule has 2 aliphatic rings. The third-order valence-corrected chi connectivity index (χ3v) is 4.90. The molecule has 1 unspecified atom stereocenters. The number of hydrogen-bond acceptors (Lipinski definition) is 3. The molecule has 1 heterocycles. The number of benzene rings is 1. The number of nitrogens with zero attached hydrogens (tertiary/aromatic N) is 1. The highest BCUT2D eigenvalue weighted by Gasteiger charge is 2.32. The van der Waals surface area contributed by atoms with Gasteiger partial charge in [-0.05, 0) is 41.9 Å². The summed E-state index contributed by atoms with van der Waals surface area (Å²) in [6.45, 7) is 4.38. The first-order chi connectivity index (χ1) is 11.1. The molecule has 0 fully saturated rings. The summed E-state index contributed by atoms with van der Waals surface area (Å²) in [5.41, 5.74) is 10.3. The minimum Gasteiger partial charge on any atom is -0.445 e. The van der Waals surface area contributed by atoms with Gasteiger partial charge in [-0.25, -0.2) is 0 Å². The molecule has 0 saturated carbocycles. The van der Waals surface area contributed by atoms with Gasteiger partial charge in [-0.3, -0.25) is 0 Å². The SMILES string of the molecule is CC(C)c1ccc(C2C(C#N)=C(N)OC3=C2CCCCC3)cc1. The van der Waals surface area contributed by atoms with Crippen LogP contribution in [0, 0.1) is 11.3 Å². The Balaban J connectivity index is 2.05. The number of ether oxygens (including phenoxy) is 1. The van der Waals surface area contributed by atoms with E-state index in [1.807, 2.05) is 0 Å². The summed E-state index contributed by atoms with van der Waals surface area (Å²) in [6.07, 6.45) is 5.41. The summed E-state index contributed by atoms with van der Waals surface area (Å²) in [6, 6.07) is 10.9. The molecule has 2 N–H and O–H groups in total. The van der Waals surface area contributed by atoms with Crippen LogP contribution >= 0.6 is 0 Å². The van der Waals surface area contributed by atoms with Crippen molar-refractivity contribution in [3.8, 4) is 6.07 Å². The van der Waals surface area contributed by atoms with Gasteiger partial charge < -0.3 is 10.5 Å². The fourth-order valence-corrected chi connectivity index (χ4v) is 3.56. The molecule has 1 aromatic carbocycles. The van der Waals surface area contributed by atoms with Crippen LogP contribution in [0.1, 0.15) is 68.9 Å². The Bertz CT molecular complexity index is 689. The number of hydrogen-bond donors (Lipinski definition) is 1. The average Bonchev–Trinajstić information content (AvgIpc) is 2.78. The fourth-order valence-electron chi connectivity index (χ4n) is 3.56. The maximum absolute atomic E-state index is 9.61. The second-order valence-electron chi connectivity index (χ2n) is 6.76. The lowest BCUT2D eigenvalue weighted by molar-refractivity contribution is 0.264. The molecular weight excluding hydrogens is 284 g/mol. The molecule has 1 aliphatic heterocycles. The molecule has 0 amide bonds. The van der Waals surface area contributed by atoms with Crippen molar-refractivity contribution < 1.29 is 4.74 Å². The molecule has 1 atom stereocenters. The molecule has 3 nitrogen and oxygen atoms in total. The first-order valence-electron chi connectivity index (χ1n) is 8.51. The van der Waals surface area contributed by atoms with Crippen LogP contribution in [0.2, 0.25) is 0 Å². The van der Waals surface area contributed by atoms with Gasteiger partial charge in [-0.1, -0.05) is 44.5 Å². The highest BCUT2D eigenvalue weighted by molar-refractivity contribution is 5.49. The Kier molecular flexibility index (Phi) is 4.43. The van der Waals surface area contributed by atoms with E-state index in [0.29, 0.717) is 11.5 Å². The minimum atomic E-state index is -0.0388.